The quantitative estimate of drug-likeness (QED) is 0.634. The third-order valence-electron chi connectivity index (χ3n) is 3.62. The van der Waals surface area contributed by atoms with E-state index >= 15 is 0 Å². The number of carbonyl (C=O) groups excluding carboxylic acids is 1. The van der Waals surface area contributed by atoms with Crippen LogP contribution in [0.25, 0.3) is 22.2 Å². The van der Waals surface area contributed by atoms with E-state index < -0.39 is 5.24 Å². The third kappa shape index (κ3) is 3.20. The van der Waals surface area contributed by atoms with Crippen molar-refractivity contribution in [3.05, 3.63) is 59.7 Å². The van der Waals surface area contributed by atoms with Crippen molar-refractivity contribution in [2.45, 2.75) is 13.8 Å². The van der Waals surface area contributed by atoms with Gasteiger partial charge in [-0.05, 0) is 55.8 Å². The molecule has 0 amide bonds. The van der Waals surface area contributed by atoms with Gasteiger partial charge in [0.2, 0.25) is 0 Å². The van der Waals surface area contributed by atoms with Gasteiger partial charge >= 0.3 is 0 Å². The number of aryl methyl sites for hydroxylation is 1. The summed E-state index contributed by atoms with van der Waals surface area (Å²) in [5.74, 6) is 0.773. The van der Waals surface area contributed by atoms with E-state index in [1.54, 1.807) is 6.07 Å². The molecule has 0 aliphatic carbocycles. The third-order valence-corrected chi connectivity index (χ3v) is 3.82. The Balaban J connectivity index is 2.20. The molecule has 3 rings (SSSR count). The Morgan fingerprint density at radius 3 is 2.74 bits per heavy atom. The van der Waals surface area contributed by atoms with Gasteiger partial charge in [-0.15, -0.1) is 0 Å². The van der Waals surface area contributed by atoms with Crippen molar-refractivity contribution < 1.29 is 9.53 Å². The monoisotopic (exact) mass is 325 g/mol. The van der Waals surface area contributed by atoms with Gasteiger partial charge in [-0.3, -0.25) is 4.79 Å². The number of hydrogen-bond acceptors (Lipinski definition) is 3. The minimum atomic E-state index is -0.481. The first-order valence-electron chi connectivity index (χ1n) is 7.43. The predicted octanol–water partition coefficient (Wildman–Crippen LogP) is 4.99. The van der Waals surface area contributed by atoms with Crippen LogP contribution in [0, 0.1) is 6.92 Å². The summed E-state index contributed by atoms with van der Waals surface area (Å²) in [6, 6.07) is 15.2. The molecule has 0 unspecified atom stereocenters. The molecule has 23 heavy (non-hydrogen) atoms. The van der Waals surface area contributed by atoms with E-state index in [9.17, 15) is 4.79 Å². The van der Waals surface area contributed by atoms with Crippen LogP contribution in [0.5, 0.6) is 5.75 Å². The molecule has 1 aromatic heterocycles. The lowest BCUT2D eigenvalue weighted by Crippen LogP contribution is -1.97. The molecular formula is C19H16ClNO2. The molecule has 0 atom stereocenters. The zero-order valence-corrected chi connectivity index (χ0v) is 13.7. The maximum absolute atomic E-state index is 11.8. The number of fused-ring (bicyclic) bond motifs is 1. The second-order valence-electron chi connectivity index (χ2n) is 5.31. The fourth-order valence-corrected chi connectivity index (χ4v) is 2.72. The molecule has 0 saturated heterocycles. The summed E-state index contributed by atoms with van der Waals surface area (Å²) in [7, 11) is 0. The van der Waals surface area contributed by atoms with E-state index in [4.69, 9.17) is 16.3 Å². The van der Waals surface area contributed by atoms with Crippen LogP contribution in [-0.4, -0.2) is 16.8 Å². The fourth-order valence-electron chi connectivity index (χ4n) is 2.56. The number of hydrogen-bond donors (Lipinski definition) is 0. The van der Waals surface area contributed by atoms with Gasteiger partial charge in [0.05, 0.1) is 17.8 Å². The van der Waals surface area contributed by atoms with E-state index in [0.717, 1.165) is 27.8 Å². The van der Waals surface area contributed by atoms with Crippen LogP contribution in [-0.2, 0) is 0 Å². The van der Waals surface area contributed by atoms with Gasteiger partial charge in [0.15, 0.2) is 0 Å². The molecule has 0 N–H and O–H groups in total. The summed E-state index contributed by atoms with van der Waals surface area (Å²) >= 11 is 5.78. The van der Waals surface area contributed by atoms with Gasteiger partial charge in [0.25, 0.3) is 5.24 Å². The van der Waals surface area contributed by atoms with Crippen molar-refractivity contribution in [3.8, 4) is 17.0 Å². The average molecular weight is 326 g/mol. The van der Waals surface area contributed by atoms with Crippen molar-refractivity contribution in [2.24, 2.45) is 0 Å². The molecule has 0 bridgehead atoms. The second kappa shape index (κ2) is 6.39. The van der Waals surface area contributed by atoms with Crippen molar-refractivity contribution in [1.29, 1.82) is 0 Å². The van der Waals surface area contributed by atoms with Crippen LogP contribution in [0.1, 0.15) is 22.8 Å². The van der Waals surface area contributed by atoms with E-state index in [2.05, 4.69) is 4.98 Å². The molecule has 0 aliphatic heterocycles. The molecule has 0 saturated carbocycles. The molecular weight excluding hydrogens is 310 g/mol. The van der Waals surface area contributed by atoms with E-state index in [0.29, 0.717) is 17.9 Å². The molecule has 1 heterocycles. The highest BCUT2D eigenvalue weighted by Crippen LogP contribution is 2.28. The van der Waals surface area contributed by atoms with E-state index in [1.165, 1.54) is 0 Å². The first-order valence-corrected chi connectivity index (χ1v) is 7.80. The summed E-state index contributed by atoms with van der Waals surface area (Å²) in [6.07, 6.45) is 0. The summed E-state index contributed by atoms with van der Waals surface area (Å²) in [4.78, 5) is 16.5. The Bertz CT molecular complexity index is 890. The highest BCUT2D eigenvalue weighted by Gasteiger charge is 2.13. The number of nitrogens with zero attached hydrogens (tertiary/aromatic N) is 1. The highest BCUT2D eigenvalue weighted by molar-refractivity contribution is 6.68. The van der Waals surface area contributed by atoms with Gasteiger partial charge in [0, 0.05) is 16.5 Å². The first-order chi connectivity index (χ1) is 11.1. The summed E-state index contributed by atoms with van der Waals surface area (Å²) in [5, 5.41) is 0.292. The predicted molar refractivity (Wildman–Crippen MR) is 93.3 cm³/mol. The van der Waals surface area contributed by atoms with Crippen molar-refractivity contribution in [3.63, 3.8) is 0 Å². The summed E-state index contributed by atoms with van der Waals surface area (Å²) < 4.78 is 5.53. The standard InChI is InChI=1S/C19H16ClNO2/c1-3-23-14-6-4-5-13(10-14)18-11-16(19(20)22)15-9-12(2)7-8-17(15)21-18/h4-11H,3H2,1-2H3. The van der Waals surface area contributed by atoms with Crippen LogP contribution in [0.4, 0.5) is 0 Å². The number of benzene rings is 2. The topological polar surface area (TPSA) is 39.2 Å². The van der Waals surface area contributed by atoms with Crippen LogP contribution >= 0.6 is 11.6 Å². The Hall–Kier alpha value is -2.39. The molecule has 0 fully saturated rings. The number of aromatic nitrogens is 1. The lowest BCUT2D eigenvalue weighted by molar-refractivity contribution is 0.108. The maximum atomic E-state index is 11.8. The van der Waals surface area contributed by atoms with Gasteiger partial charge in [0.1, 0.15) is 5.75 Å². The average Bonchev–Trinajstić information content (AvgIpc) is 2.54. The zero-order valence-electron chi connectivity index (χ0n) is 13.0. The van der Waals surface area contributed by atoms with E-state index in [-0.39, 0.29) is 0 Å². The van der Waals surface area contributed by atoms with Gasteiger partial charge in [-0.1, -0.05) is 23.8 Å². The number of pyridine rings is 1. The molecule has 116 valence electrons. The molecule has 0 aliphatic rings. The number of ether oxygens (including phenoxy) is 1. The SMILES string of the molecule is CCOc1cccc(-c2cc(C(=O)Cl)c3cc(C)ccc3n2)c1. The fraction of sp³-hybridized carbons (Fsp3) is 0.158. The number of carbonyl (C=O) groups is 1. The minimum absolute atomic E-state index is 0.470. The molecule has 0 radical (unpaired) electrons. The summed E-state index contributed by atoms with van der Waals surface area (Å²) in [5.41, 5.74) is 3.87. The van der Waals surface area contributed by atoms with Crippen molar-refractivity contribution >= 4 is 27.7 Å². The Morgan fingerprint density at radius 2 is 2.00 bits per heavy atom. The number of rotatable bonds is 4. The van der Waals surface area contributed by atoms with Gasteiger partial charge in [-0.25, -0.2) is 4.98 Å². The summed E-state index contributed by atoms with van der Waals surface area (Å²) in [6.45, 7) is 4.51. The van der Waals surface area contributed by atoms with Crippen LogP contribution < -0.4 is 4.74 Å². The molecule has 2 aromatic carbocycles. The minimum Gasteiger partial charge on any atom is -0.494 e. The van der Waals surface area contributed by atoms with Crippen LogP contribution in [0.3, 0.4) is 0 Å². The molecule has 4 heteroatoms. The Labute approximate surface area is 139 Å². The van der Waals surface area contributed by atoms with Crippen LogP contribution in [0.15, 0.2) is 48.5 Å². The zero-order chi connectivity index (χ0) is 16.4. The Morgan fingerprint density at radius 1 is 1.17 bits per heavy atom. The smallest absolute Gasteiger partial charge is 0.253 e. The largest absolute Gasteiger partial charge is 0.494 e. The highest BCUT2D eigenvalue weighted by atomic mass is 35.5. The van der Waals surface area contributed by atoms with Crippen LogP contribution in [0.2, 0.25) is 0 Å². The lowest BCUT2D eigenvalue weighted by Gasteiger charge is -2.09. The molecule has 0 spiro atoms. The lowest BCUT2D eigenvalue weighted by atomic mass is 10.0. The van der Waals surface area contributed by atoms with Gasteiger partial charge in [-0.2, -0.15) is 0 Å². The van der Waals surface area contributed by atoms with Crippen molar-refractivity contribution in [2.75, 3.05) is 6.61 Å². The first kappa shape index (κ1) is 15.5. The second-order valence-corrected chi connectivity index (χ2v) is 5.65. The van der Waals surface area contributed by atoms with Crippen molar-refractivity contribution in [1.82, 2.24) is 4.98 Å². The van der Waals surface area contributed by atoms with Gasteiger partial charge < -0.3 is 4.74 Å². The van der Waals surface area contributed by atoms with E-state index in [1.807, 2.05) is 56.3 Å². The Kier molecular flexibility index (Phi) is 4.30. The molecule has 3 nitrogen and oxygen atoms in total. The molecule has 3 aromatic rings. The maximum Gasteiger partial charge on any atom is 0.253 e. The number of halogens is 1. The normalized spacial score (nSPS) is 10.7.